The average molecular weight is 308 g/mol. The van der Waals surface area contributed by atoms with Gasteiger partial charge in [-0.1, -0.05) is 11.8 Å². The van der Waals surface area contributed by atoms with Gasteiger partial charge in [0.1, 0.15) is 11.4 Å². The number of rotatable bonds is 4. The first-order valence-electron chi connectivity index (χ1n) is 6.41. The molecule has 1 atom stereocenters. The molecule has 2 aromatic heterocycles. The van der Waals surface area contributed by atoms with Crippen LogP contribution in [-0.4, -0.2) is 43.5 Å². The summed E-state index contributed by atoms with van der Waals surface area (Å²) in [7, 11) is 1.79. The van der Waals surface area contributed by atoms with Crippen molar-refractivity contribution in [2.24, 2.45) is 7.05 Å². The van der Waals surface area contributed by atoms with Crippen molar-refractivity contribution in [3.05, 3.63) is 12.5 Å². The molecule has 0 aliphatic heterocycles. The van der Waals surface area contributed by atoms with Crippen LogP contribution in [0.5, 0.6) is 0 Å². The molecule has 9 heteroatoms. The van der Waals surface area contributed by atoms with Crippen LogP contribution in [0.3, 0.4) is 0 Å². The number of nitrogens with zero attached hydrogens (tertiary/aromatic N) is 4. The number of aromatic nitrogens is 4. The molecule has 0 fully saturated rings. The summed E-state index contributed by atoms with van der Waals surface area (Å²) in [6, 6.07) is -0.496. The number of thioether (sulfide) groups is 1. The van der Waals surface area contributed by atoms with Crippen molar-refractivity contribution in [2.75, 3.05) is 6.54 Å². The number of hydrogen-bond acceptors (Lipinski definition) is 6. The van der Waals surface area contributed by atoms with Gasteiger partial charge < -0.3 is 5.32 Å². The van der Waals surface area contributed by atoms with Crippen molar-refractivity contribution in [3.63, 3.8) is 0 Å². The molecule has 3 amide bonds. The van der Waals surface area contributed by atoms with E-state index in [-0.39, 0.29) is 5.91 Å². The van der Waals surface area contributed by atoms with Gasteiger partial charge in [-0.05, 0) is 13.8 Å². The molecule has 0 aliphatic rings. The summed E-state index contributed by atoms with van der Waals surface area (Å²) in [6.45, 7) is 3.95. The summed E-state index contributed by atoms with van der Waals surface area (Å²) in [4.78, 5) is 31.6. The Morgan fingerprint density at radius 3 is 2.90 bits per heavy atom. The van der Waals surface area contributed by atoms with E-state index in [2.05, 4.69) is 25.7 Å². The molecule has 0 spiro atoms. The second kappa shape index (κ2) is 6.53. The molecule has 2 heterocycles. The Morgan fingerprint density at radius 1 is 1.43 bits per heavy atom. The molecule has 2 N–H and O–H groups in total. The van der Waals surface area contributed by atoms with Crippen LogP contribution in [0.15, 0.2) is 17.6 Å². The highest BCUT2D eigenvalue weighted by Gasteiger charge is 2.19. The van der Waals surface area contributed by atoms with Crippen molar-refractivity contribution < 1.29 is 9.59 Å². The number of hydrogen-bond donors (Lipinski definition) is 2. The fraction of sp³-hybridized carbons (Fsp3) is 0.417. The van der Waals surface area contributed by atoms with Crippen molar-refractivity contribution in [2.45, 2.75) is 24.1 Å². The topological polar surface area (TPSA) is 102 Å². The number of amides is 3. The van der Waals surface area contributed by atoms with Gasteiger partial charge in [0, 0.05) is 13.6 Å². The van der Waals surface area contributed by atoms with Crippen LogP contribution >= 0.6 is 11.8 Å². The third-order valence-electron chi connectivity index (χ3n) is 2.72. The summed E-state index contributed by atoms with van der Waals surface area (Å²) < 4.78 is 1.64. The van der Waals surface area contributed by atoms with Gasteiger partial charge >= 0.3 is 6.03 Å². The van der Waals surface area contributed by atoms with Gasteiger partial charge in [0.05, 0.1) is 16.8 Å². The first-order valence-corrected chi connectivity index (χ1v) is 7.29. The smallest absolute Gasteiger partial charge is 0.321 e. The zero-order valence-corrected chi connectivity index (χ0v) is 12.8. The zero-order chi connectivity index (χ0) is 15.4. The van der Waals surface area contributed by atoms with Crippen LogP contribution in [0, 0.1) is 0 Å². The Hall–Kier alpha value is -2.16. The third-order valence-corrected chi connectivity index (χ3v) is 3.84. The summed E-state index contributed by atoms with van der Waals surface area (Å²) in [5.74, 6) is -0.374. The largest absolute Gasteiger partial charge is 0.338 e. The van der Waals surface area contributed by atoms with Crippen molar-refractivity contribution >= 4 is 34.7 Å². The van der Waals surface area contributed by atoms with E-state index in [1.54, 1.807) is 31.8 Å². The fourth-order valence-corrected chi connectivity index (χ4v) is 2.55. The maximum absolute atomic E-state index is 11.9. The molecule has 2 aromatic rings. The standard InChI is InChI=1S/C12H16N6O2S/c1-4-13-12(20)17-10(19)7(2)21-11-8-5-16-18(3)9(8)14-6-15-11/h5-7H,4H2,1-3H3,(H2,13,17,19,20). The van der Waals surface area contributed by atoms with E-state index in [0.29, 0.717) is 17.2 Å². The van der Waals surface area contributed by atoms with Gasteiger partial charge in [-0.3, -0.25) is 14.8 Å². The van der Waals surface area contributed by atoms with Crippen molar-refractivity contribution in [1.29, 1.82) is 0 Å². The van der Waals surface area contributed by atoms with Gasteiger partial charge in [-0.15, -0.1) is 0 Å². The first-order chi connectivity index (χ1) is 10.0. The van der Waals surface area contributed by atoms with E-state index in [1.807, 2.05) is 0 Å². The summed E-state index contributed by atoms with van der Waals surface area (Å²) in [6.07, 6.45) is 3.09. The number of imide groups is 1. The minimum atomic E-state index is -0.496. The zero-order valence-electron chi connectivity index (χ0n) is 12.0. The van der Waals surface area contributed by atoms with Gasteiger partial charge in [-0.25, -0.2) is 14.8 Å². The lowest BCUT2D eigenvalue weighted by Crippen LogP contribution is -2.42. The van der Waals surface area contributed by atoms with E-state index in [4.69, 9.17) is 0 Å². The van der Waals surface area contributed by atoms with Gasteiger partial charge in [0.25, 0.3) is 0 Å². The number of carbonyl (C=O) groups is 2. The van der Waals surface area contributed by atoms with Crippen LogP contribution < -0.4 is 10.6 Å². The minimum absolute atomic E-state index is 0.374. The summed E-state index contributed by atoms with van der Waals surface area (Å²) >= 11 is 1.26. The van der Waals surface area contributed by atoms with E-state index in [0.717, 1.165) is 5.39 Å². The normalized spacial score (nSPS) is 12.1. The Balaban J connectivity index is 2.09. The van der Waals surface area contributed by atoms with Crippen LogP contribution in [0.4, 0.5) is 4.79 Å². The number of nitrogens with one attached hydrogen (secondary N) is 2. The third kappa shape index (κ3) is 3.48. The maximum atomic E-state index is 11.9. The van der Waals surface area contributed by atoms with Gasteiger partial charge in [0.15, 0.2) is 5.65 Å². The van der Waals surface area contributed by atoms with E-state index in [9.17, 15) is 9.59 Å². The highest BCUT2D eigenvalue weighted by atomic mass is 32.2. The second-order valence-corrected chi connectivity index (χ2v) is 5.62. The SMILES string of the molecule is CCNC(=O)NC(=O)C(C)Sc1ncnc2c1cnn2C. The molecule has 0 bridgehead atoms. The second-order valence-electron chi connectivity index (χ2n) is 4.29. The quantitative estimate of drug-likeness (QED) is 0.636. The molecule has 112 valence electrons. The van der Waals surface area contributed by atoms with E-state index >= 15 is 0 Å². The molecule has 1 unspecified atom stereocenters. The molecular formula is C12H16N6O2S. The van der Waals surface area contributed by atoms with E-state index in [1.165, 1.54) is 18.1 Å². The summed E-state index contributed by atoms with van der Waals surface area (Å²) in [5, 5.41) is 9.88. The van der Waals surface area contributed by atoms with Crippen LogP contribution in [-0.2, 0) is 11.8 Å². The van der Waals surface area contributed by atoms with Crippen molar-refractivity contribution in [3.8, 4) is 0 Å². The summed E-state index contributed by atoms with van der Waals surface area (Å²) in [5.41, 5.74) is 0.698. The van der Waals surface area contributed by atoms with Crippen LogP contribution in [0.1, 0.15) is 13.8 Å². The molecule has 21 heavy (non-hydrogen) atoms. The van der Waals surface area contributed by atoms with Crippen molar-refractivity contribution in [1.82, 2.24) is 30.4 Å². The van der Waals surface area contributed by atoms with Crippen LogP contribution in [0.25, 0.3) is 11.0 Å². The number of carbonyl (C=O) groups excluding carboxylic acids is 2. The average Bonchev–Trinajstić information content (AvgIpc) is 2.82. The lowest BCUT2D eigenvalue weighted by Gasteiger charge is -2.11. The lowest BCUT2D eigenvalue weighted by molar-refractivity contribution is -0.119. The Morgan fingerprint density at radius 2 is 2.19 bits per heavy atom. The van der Waals surface area contributed by atoms with Gasteiger partial charge in [-0.2, -0.15) is 5.10 Å². The number of urea groups is 1. The molecule has 0 radical (unpaired) electrons. The first kappa shape index (κ1) is 15.2. The lowest BCUT2D eigenvalue weighted by atomic mass is 10.4. The number of aryl methyl sites for hydroxylation is 1. The fourth-order valence-electron chi connectivity index (χ4n) is 1.67. The molecule has 0 saturated carbocycles. The predicted octanol–water partition coefficient (Wildman–Crippen LogP) is 0.690. The van der Waals surface area contributed by atoms with E-state index < -0.39 is 11.3 Å². The predicted molar refractivity (Wildman–Crippen MR) is 78.8 cm³/mol. The molecule has 0 saturated heterocycles. The van der Waals surface area contributed by atoms with Gasteiger partial charge in [0.2, 0.25) is 5.91 Å². The molecule has 0 aliphatic carbocycles. The highest BCUT2D eigenvalue weighted by molar-refractivity contribution is 8.00. The number of fused-ring (bicyclic) bond motifs is 1. The molecule has 8 nitrogen and oxygen atoms in total. The monoisotopic (exact) mass is 308 g/mol. The highest BCUT2D eigenvalue weighted by Crippen LogP contribution is 2.27. The minimum Gasteiger partial charge on any atom is -0.338 e. The molecule has 0 aromatic carbocycles. The Bertz CT molecular complexity index is 671. The maximum Gasteiger partial charge on any atom is 0.321 e. The van der Waals surface area contributed by atoms with Crippen LogP contribution in [0.2, 0.25) is 0 Å². The Kier molecular flexibility index (Phi) is 4.73. The molecular weight excluding hydrogens is 292 g/mol. The Labute approximate surface area is 125 Å². The molecule has 2 rings (SSSR count).